The maximum atomic E-state index is 13.8. The van der Waals surface area contributed by atoms with Crippen molar-refractivity contribution in [3.05, 3.63) is 35.5 Å². The Balaban J connectivity index is 1.73. The lowest BCUT2D eigenvalue weighted by atomic mass is 9.87. The van der Waals surface area contributed by atoms with Gasteiger partial charge in [0.15, 0.2) is 5.54 Å². The van der Waals surface area contributed by atoms with Crippen LogP contribution in [0.1, 0.15) is 38.4 Å². The van der Waals surface area contributed by atoms with Crippen LogP contribution in [0.4, 0.5) is 4.79 Å². The first-order valence-corrected chi connectivity index (χ1v) is 10.8. The van der Waals surface area contributed by atoms with Crippen LogP contribution in [-0.2, 0) is 26.3 Å². The minimum Gasteiger partial charge on any atom is -0.383 e. The van der Waals surface area contributed by atoms with E-state index >= 15 is 0 Å². The number of nitrogens with zero attached hydrogens (tertiary/aromatic N) is 2. The molecule has 1 fully saturated rings. The SMILES string of the molecule is COCCNC(=O)[C@@H](CC(C)C)N1C(=O)N2CCc3c([nH]c4ccccc34)[C@]2(C)C1=O. The van der Waals surface area contributed by atoms with Crippen molar-refractivity contribution in [3.8, 4) is 0 Å². The first-order chi connectivity index (χ1) is 14.8. The summed E-state index contributed by atoms with van der Waals surface area (Å²) in [5.41, 5.74) is 1.63. The maximum Gasteiger partial charge on any atom is 0.328 e. The van der Waals surface area contributed by atoms with E-state index < -0.39 is 17.6 Å². The first kappa shape index (κ1) is 21.4. The van der Waals surface area contributed by atoms with Crippen LogP contribution < -0.4 is 5.32 Å². The summed E-state index contributed by atoms with van der Waals surface area (Å²) < 4.78 is 5.01. The fourth-order valence-electron chi connectivity index (χ4n) is 4.86. The number of carbonyl (C=O) groups excluding carboxylic acids is 3. The van der Waals surface area contributed by atoms with E-state index in [1.54, 1.807) is 18.9 Å². The minimum atomic E-state index is -1.15. The number of H-pyrrole nitrogens is 1. The minimum absolute atomic E-state index is 0.132. The summed E-state index contributed by atoms with van der Waals surface area (Å²) >= 11 is 0. The molecule has 3 heterocycles. The molecule has 0 unspecified atom stereocenters. The summed E-state index contributed by atoms with van der Waals surface area (Å²) in [5.74, 6) is -0.543. The van der Waals surface area contributed by atoms with Crippen LogP contribution in [-0.4, -0.2) is 65.5 Å². The number of rotatable bonds is 7. The van der Waals surface area contributed by atoms with Crippen LogP contribution in [0.25, 0.3) is 10.9 Å². The lowest BCUT2D eigenvalue weighted by Gasteiger charge is -2.36. The zero-order chi connectivity index (χ0) is 22.3. The van der Waals surface area contributed by atoms with Crippen LogP contribution >= 0.6 is 0 Å². The van der Waals surface area contributed by atoms with E-state index in [-0.39, 0.29) is 17.7 Å². The second-order valence-electron chi connectivity index (χ2n) is 8.88. The molecule has 166 valence electrons. The Morgan fingerprint density at radius 3 is 2.74 bits per heavy atom. The number of hydrogen-bond donors (Lipinski definition) is 2. The normalized spacial score (nSPS) is 21.6. The van der Waals surface area contributed by atoms with Crippen molar-refractivity contribution in [2.45, 2.75) is 45.2 Å². The van der Waals surface area contributed by atoms with Gasteiger partial charge in [-0.1, -0.05) is 32.0 Å². The van der Waals surface area contributed by atoms with Crippen molar-refractivity contribution in [2.24, 2.45) is 5.92 Å². The fraction of sp³-hybridized carbons (Fsp3) is 0.522. The van der Waals surface area contributed by atoms with Gasteiger partial charge in [0, 0.05) is 31.1 Å². The Kier molecular flexibility index (Phi) is 5.51. The lowest BCUT2D eigenvalue weighted by molar-refractivity contribution is -0.140. The second-order valence-corrected chi connectivity index (χ2v) is 8.88. The third-order valence-electron chi connectivity index (χ3n) is 6.41. The van der Waals surface area contributed by atoms with Crippen molar-refractivity contribution in [1.29, 1.82) is 0 Å². The molecule has 0 saturated carbocycles. The van der Waals surface area contributed by atoms with Crippen LogP contribution in [0.2, 0.25) is 0 Å². The van der Waals surface area contributed by atoms with Gasteiger partial charge in [-0.05, 0) is 37.3 Å². The fourth-order valence-corrected chi connectivity index (χ4v) is 4.86. The van der Waals surface area contributed by atoms with Gasteiger partial charge < -0.3 is 19.9 Å². The predicted octanol–water partition coefficient (Wildman–Crippen LogP) is 2.38. The van der Waals surface area contributed by atoms with E-state index in [2.05, 4.69) is 10.3 Å². The molecule has 8 heteroatoms. The third kappa shape index (κ3) is 3.29. The van der Waals surface area contributed by atoms with Gasteiger partial charge in [-0.15, -0.1) is 0 Å². The van der Waals surface area contributed by atoms with Crippen LogP contribution in [0, 0.1) is 5.92 Å². The second kappa shape index (κ2) is 8.00. The molecule has 1 aromatic heterocycles. The van der Waals surface area contributed by atoms with Crippen LogP contribution in [0.3, 0.4) is 0 Å². The van der Waals surface area contributed by atoms with E-state index in [1.807, 2.05) is 38.1 Å². The number of benzene rings is 1. The Bertz CT molecular complexity index is 1030. The maximum absolute atomic E-state index is 13.8. The molecule has 1 saturated heterocycles. The quantitative estimate of drug-likeness (QED) is 0.525. The van der Waals surface area contributed by atoms with Gasteiger partial charge in [0.25, 0.3) is 5.91 Å². The van der Waals surface area contributed by atoms with Crippen molar-refractivity contribution in [1.82, 2.24) is 20.1 Å². The number of para-hydroxylation sites is 1. The highest BCUT2D eigenvalue weighted by molar-refractivity contribution is 6.11. The smallest absolute Gasteiger partial charge is 0.328 e. The van der Waals surface area contributed by atoms with E-state index in [0.29, 0.717) is 32.5 Å². The van der Waals surface area contributed by atoms with Crippen LogP contribution in [0.15, 0.2) is 24.3 Å². The van der Waals surface area contributed by atoms with E-state index in [1.165, 1.54) is 4.90 Å². The van der Waals surface area contributed by atoms with Crippen molar-refractivity contribution in [3.63, 3.8) is 0 Å². The lowest BCUT2D eigenvalue weighted by Crippen LogP contribution is -2.51. The van der Waals surface area contributed by atoms with Crippen molar-refractivity contribution < 1.29 is 19.1 Å². The number of hydrogen-bond acceptors (Lipinski definition) is 4. The number of aromatic nitrogens is 1. The Morgan fingerprint density at radius 1 is 1.29 bits per heavy atom. The predicted molar refractivity (Wildman–Crippen MR) is 116 cm³/mol. The van der Waals surface area contributed by atoms with Crippen molar-refractivity contribution >= 4 is 28.7 Å². The molecule has 2 atom stereocenters. The summed E-state index contributed by atoms with van der Waals surface area (Å²) in [4.78, 5) is 46.4. The summed E-state index contributed by atoms with van der Waals surface area (Å²) in [5, 5.41) is 3.88. The summed E-state index contributed by atoms with van der Waals surface area (Å²) in [6, 6.07) is 6.68. The number of urea groups is 1. The molecule has 0 bridgehead atoms. The number of aromatic amines is 1. The Hall–Kier alpha value is -2.87. The highest BCUT2D eigenvalue weighted by Gasteiger charge is 2.60. The number of carbonyl (C=O) groups is 3. The molecule has 2 aliphatic heterocycles. The van der Waals surface area contributed by atoms with Gasteiger partial charge in [0.2, 0.25) is 5.91 Å². The molecule has 4 rings (SSSR count). The van der Waals surface area contributed by atoms with Gasteiger partial charge in [0.1, 0.15) is 6.04 Å². The monoisotopic (exact) mass is 426 g/mol. The van der Waals surface area contributed by atoms with E-state index in [9.17, 15) is 14.4 Å². The molecule has 8 nitrogen and oxygen atoms in total. The zero-order valence-electron chi connectivity index (χ0n) is 18.5. The molecule has 2 N–H and O–H groups in total. The Labute approximate surface area is 181 Å². The molecule has 0 spiro atoms. The molecule has 0 radical (unpaired) electrons. The average molecular weight is 427 g/mol. The number of amides is 4. The molecule has 1 aromatic carbocycles. The molecular formula is C23H30N4O4. The van der Waals surface area contributed by atoms with Gasteiger partial charge in [-0.3, -0.25) is 9.59 Å². The number of ether oxygens (including phenoxy) is 1. The van der Waals surface area contributed by atoms with Gasteiger partial charge in [-0.2, -0.15) is 0 Å². The number of methoxy groups -OCH3 is 1. The summed E-state index contributed by atoms with van der Waals surface area (Å²) in [6.07, 6.45) is 1.07. The van der Waals surface area contributed by atoms with Gasteiger partial charge >= 0.3 is 6.03 Å². The molecule has 0 aliphatic carbocycles. The molecular weight excluding hydrogens is 396 g/mol. The largest absolute Gasteiger partial charge is 0.383 e. The van der Waals surface area contributed by atoms with Crippen LogP contribution in [0.5, 0.6) is 0 Å². The first-order valence-electron chi connectivity index (χ1n) is 10.8. The molecule has 2 aromatic rings. The van der Waals surface area contributed by atoms with E-state index in [0.717, 1.165) is 22.2 Å². The third-order valence-corrected chi connectivity index (χ3v) is 6.41. The van der Waals surface area contributed by atoms with Gasteiger partial charge in [0.05, 0.1) is 12.3 Å². The topological polar surface area (TPSA) is 94.7 Å². The summed E-state index contributed by atoms with van der Waals surface area (Å²) in [7, 11) is 1.56. The Morgan fingerprint density at radius 2 is 2.03 bits per heavy atom. The standard InChI is InChI=1S/C23H30N4O4/c1-14(2)13-18(20(28)24-10-12-31-4)27-21(29)23(3)19-16(9-11-26(23)22(27)30)15-7-5-6-8-17(15)25-19/h5-8,14,18,25H,9-13H2,1-4H3,(H,24,28)/t18-,23-/m1/s1. The highest BCUT2D eigenvalue weighted by Crippen LogP contribution is 2.44. The zero-order valence-corrected chi connectivity index (χ0v) is 18.5. The van der Waals surface area contributed by atoms with Gasteiger partial charge in [-0.25, -0.2) is 9.69 Å². The number of nitrogens with one attached hydrogen (secondary N) is 2. The average Bonchev–Trinajstić information content (AvgIpc) is 3.21. The number of fused-ring (bicyclic) bond motifs is 5. The summed E-state index contributed by atoms with van der Waals surface area (Å²) in [6.45, 7) is 6.87. The molecule has 4 amide bonds. The van der Waals surface area contributed by atoms with E-state index in [4.69, 9.17) is 4.74 Å². The van der Waals surface area contributed by atoms with Crippen molar-refractivity contribution in [2.75, 3.05) is 26.8 Å². The highest BCUT2D eigenvalue weighted by atomic mass is 16.5. The molecule has 2 aliphatic rings. The number of imide groups is 1. The molecule has 31 heavy (non-hydrogen) atoms.